The Morgan fingerprint density at radius 3 is 2.88 bits per heavy atom. The van der Waals surface area contributed by atoms with Crippen LogP contribution in [0.3, 0.4) is 0 Å². The van der Waals surface area contributed by atoms with Crippen molar-refractivity contribution in [3.05, 3.63) is 23.8 Å². The van der Waals surface area contributed by atoms with Crippen LogP contribution in [0, 0.1) is 0 Å². The number of ether oxygens (including phenoxy) is 2. The molecule has 0 radical (unpaired) electrons. The van der Waals surface area contributed by atoms with E-state index in [-0.39, 0.29) is 6.42 Å². The van der Waals surface area contributed by atoms with Gasteiger partial charge >= 0.3 is 0 Å². The van der Waals surface area contributed by atoms with Gasteiger partial charge in [-0.05, 0) is 18.2 Å². The lowest BCUT2D eigenvalue weighted by Crippen LogP contribution is -2.31. The smallest absolute Gasteiger partial charge is 0.274 e. The molecule has 1 aliphatic rings. The molecule has 3 nitrogen and oxygen atoms in total. The van der Waals surface area contributed by atoms with E-state index in [4.69, 9.17) is 9.47 Å². The van der Waals surface area contributed by atoms with Crippen LogP contribution in [0.25, 0.3) is 0 Å². The van der Waals surface area contributed by atoms with Gasteiger partial charge in [-0.1, -0.05) is 0 Å². The molecule has 1 aromatic rings. The highest BCUT2D eigenvalue weighted by atomic mass is 19.3. The van der Waals surface area contributed by atoms with Crippen molar-refractivity contribution in [3.63, 3.8) is 0 Å². The van der Waals surface area contributed by atoms with Crippen LogP contribution in [0.1, 0.15) is 18.1 Å². The van der Waals surface area contributed by atoms with Crippen molar-refractivity contribution >= 4 is 0 Å². The van der Waals surface area contributed by atoms with E-state index in [1.807, 2.05) is 0 Å². The Morgan fingerprint density at radius 2 is 2.25 bits per heavy atom. The molecule has 0 bridgehead atoms. The molecule has 0 saturated heterocycles. The first-order valence-corrected chi connectivity index (χ1v) is 4.92. The average Bonchev–Trinajstić information content (AvgIpc) is 2.28. The highest BCUT2D eigenvalue weighted by Gasteiger charge is 2.32. The number of methoxy groups -OCH3 is 1. The van der Waals surface area contributed by atoms with Gasteiger partial charge in [0, 0.05) is 12.0 Å². The van der Waals surface area contributed by atoms with Gasteiger partial charge in [0.25, 0.3) is 6.43 Å². The first kappa shape index (κ1) is 11.1. The van der Waals surface area contributed by atoms with E-state index in [1.54, 1.807) is 12.1 Å². The fraction of sp³-hybridized carbons (Fsp3) is 0.455. The van der Waals surface area contributed by atoms with E-state index in [1.165, 1.54) is 13.2 Å². The lowest BCUT2D eigenvalue weighted by atomic mass is 9.99. The van der Waals surface area contributed by atoms with Gasteiger partial charge in [0.1, 0.15) is 11.5 Å². The standard InChI is InChI=1S/C11H12F2O3/c1-15-6-2-3-9-7(4-6)8(14)5-10(16-9)11(12)13/h2-4,8,10-11,14H,5H2,1H3. The van der Waals surface area contributed by atoms with Gasteiger partial charge in [0.05, 0.1) is 13.2 Å². The summed E-state index contributed by atoms with van der Waals surface area (Å²) >= 11 is 0. The third-order valence-electron chi connectivity index (χ3n) is 2.59. The summed E-state index contributed by atoms with van der Waals surface area (Å²) in [6.07, 6.45) is -4.86. The summed E-state index contributed by atoms with van der Waals surface area (Å²) in [6, 6.07) is 4.74. The number of fused-ring (bicyclic) bond motifs is 1. The van der Waals surface area contributed by atoms with E-state index < -0.39 is 18.6 Å². The molecular weight excluding hydrogens is 218 g/mol. The zero-order valence-corrected chi connectivity index (χ0v) is 8.69. The van der Waals surface area contributed by atoms with Crippen molar-refractivity contribution in [2.24, 2.45) is 0 Å². The second-order valence-corrected chi connectivity index (χ2v) is 3.65. The molecule has 1 aromatic carbocycles. The van der Waals surface area contributed by atoms with E-state index >= 15 is 0 Å². The molecule has 2 atom stereocenters. The second-order valence-electron chi connectivity index (χ2n) is 3.65. The first-order valence-electron chi connectivity index (χ1n) is 4.92. The molecule has 2 rings (SSSR count). The summed E-state index contributed by atoms with van der Waals surface area (Å²) < 4.78 is 35.0. The number of hydrogen-bond acceptors (Lipinski definition) is 3. The van der Waals surface area contributed by atoms with Crippen LogP contribution in [0.2, 0.25) is 0 Å². The molecule has 5 heteroatoms. The fourth-order valence-corrected chi connectivity index (χ4v) is 1.73. The predicted molar refractivity (Wildman–Crippen MR) is 53.0 cm³/mol. The van der Waals surface area contributed by atoms with Crippen molar-refractivity contribution in [3.8, 4) is 11.5 Å². The molecule has 0 fully saturated rings. The van der Waals surface area contributed by atoms with Crippen molar-refractivity contribution in [1.29, 1.82) is 0 Å². The van der Waals surface area contributed by atoms with Gasteiger partial charge in [0.2, 0.25) is 0 Å². The van der Waals surface area contributed by atoms with Gasteiger partial charge in [0.15, 0.2) is 6.10 Å². The van der Waals surface area contributed by atoms with Crippen molar-refractivity contribution < 1.29 is 23.4 Å². The Balaban J connectivity index is 2.30. The van der Waals surface area contributed by atoms with E-state index in [2.05, 4.69) is 0 Å². The summed E-state index contributed by atoms with van der Waals surface area (Å²) in [6.45, 7) is 0. The van der Waals surface area contributed by atoms with E-state index in [0.29, 0.717) is 17.1 Å². The Hall–Kier alpha value is -1.36. The van der Waals surface area contributed by atoms with Gasteiger partial charge < -0.3 is 14.6 Å². The number of hydrogen-bond donors (Lipinski definition) is 1. The summed E-state index contributed by atoms with van der Waals surface area (Å²) in [5.41, 5.74) is 0.497. The molecule has 1 N–H and O–H groups in total. The maximum Gasteiger partial charge on any atom is 0.274 e. The number of aliphatic hydroxyl groups excluding tert-OH is 1. The number of alkyl halides is 2. The Morgan fingerprint density at radius 1 is 1.50 bits per heavy atom. The zero-order valence-electron chi connectivity index (χ0n) is 8.69. The maximum absolute atomic E-state index is 12.5. The molecule has 0 aliphatic carbocycles. The lowest BCUT2D eigenvalue weighted by molar-refractivity contribution is -0.0323. The number of halogens is 2. The van der Waals surface area contributed by atoms with E-state index in [9.17, 15) is 13.9 Å². The highest BCUT2D eigenvalue weighted by Crippen LogP contribution is 2.38. The van der Waals surface area contributed by atoms with Crippen LogP contribution < -0.4 is 9.47 Å². The summed E-state index contributed by atoms with van der Waals surface area (Å²) in [7, 11) is 1.50. The van der Waals surface area contributed by atoms with Gasteiger partial charge in [-0.25, -0.2) is 8.78 Å². The molecule has 0 amide bonds. The molecule has 1 aliphatic heterocycles. The Labute approximate surface area is 91.6 Å². The molecule has 2 unspecified atom stereocenters. The molecule has 1 heterocycles. The number of rotatable bonds is 2. The van der Waals surface area contributed by atoms with Gasteiger partial charge in [-0.2, -0.15) is 0 Å². The van der Waals surface area contributed by atoms with E-state index in [0.717, 1.165) is 0 Å². The average molecular weight is 230 g/mol. The van der Waals surface area contributed by atoms with Crippen LogP contribution >= 0.6 is 0 Å². The summed E-state index contributed by atoms with van der Waals surface area (Å²) in [5.74, 6) is 0.863. The SMILES string of the molecule is COc1ccc2c(c1)C(O)CC(C(F)F)O2. The van der Waals surface area contributed by atoms with Crippen molar-refractivity contribution in [1.82, 2.24) is 0 Å². The minimum Gasteiger partial charge on any atom is -0.497 e. The largest absolute Gasteiger partial charge is 0.497 e. The minimum atomic E-state index is -2.59. The molecule has 0 aromatic heterocycles. The van der Waals surface area contributed by atoms with Crippen LogP contribution in [0.5, 0.6) is 11.5 Å². The van der Waals surface area contributed by atoms with Crippen LogP contribution in [0.4, 0.5) is 8.78 Å². The minimum absolute atomic E-state index is 0.0994. The summed E-state index contributed by atoms with van der Waals surface area (Å²) in [5, 5.41) is 9.73. The normalized spacial score (nSPS) is 23.8. The number of benzene rings is 1. The summed E-state index contributed by atoms with van der Waals surface area (Å²) in [4.78, 5) is 0. The maximum atomic E-state index is 12.5. The number of aliphatic hydroxyl groups is 1. The van der Waals surface area contributed by atoms with Gasteiger partial charge in [-0.15, -0.1) is 0 Å². The van der Waals surface area contributed by atoms with Crippen molar-refractivity contribution in [2.45, 2.75) is 25.1 Å². The first-order chi connectivity index (χ1) is 7.61. The monoisotopic (exact) mass is 230 g/mol. The molecular formula is C11H12F2O3. The second kappa shape index (κ2) is 4.25. The molecule has 0 spiro atoms. The zero-order chi connectivity index (χ0) is 11.7. The van der Waals surface area contributed by atoms with Crippen LogP contribution in [-0.2, 0) is 0 Å². The van der Waals surface area contributed by atoms with Crippen LogP contribution in [-0.4, -0.2) is 24.7 Å². The predicted octanol–water partition coefficient (Wildman–Crippen LogP) is 2.14. The third kappa shape index (κ3) is 1.95. The van der Waals surface area contributed by atoms with Crippen LogP contribution in [0.15, 0.2) is 18.2 Å². The van der Waals surface area contributed by atoms with Crippen molar-refractivity contribution in [2.75, 3.05) is 7.11 Å². The molecule has 16 heavy (non-hydrogen) atoms. The molecule has 88 valence electrons. The molecule has 0 saturated carbocycles. The quantitative estimate of drug-likeness (QED) is 0.846. The topological polar surface area (TPSA) is 38.7 Å². The Kier molecular flexibility index (Phi) is 2.96. The lowest BCUT2D eigenvalue weighted by Gasteiger charge is -2.29. The fourth-order valence-electron chi connectivity index (χ4n) is 1.73. The Bertz CT molecular complexity index is 381. The third-order valence-corrected chi connectivity index (χ3v) is 2.59. The highest BCUT2D eigenvalue weighted by molar-refractivity contribution is 5.43. The van der Waals surface area contributed by atoms with Gasteiger partial charge in [-0.3, -0.25) is 0 Å².